The van der Waals surface area contributed by atoms with Crippen molar-refractivity contribution < 1.29 is 4.39 Å². The van der Waals surface area contributed by atoms with Gasteiger partial charge in [-0.3, -0.25) is 4.99 Å². The molecule has 27 heavy (non-hydrogen) atoms. The molecule has 1 fully saturated rings. The molecule has 2 heterocycles. The zero-order valence-electron chi connectivity index (χ0n) is 15.2. The van der Waals surface area contributed by atoms with Crippen molar-refractivity contribution in [2.75, 3.05) is 50.4 Å². The number of nitrogens with zero attached hydrogens (tertiary/aromatic N) is 5. The van der Waals surface area contributed by atoms with E-state index in [1.54, 1.807) is 36.3 Å². The lowest BCUT2D eigenvalue weighted by Crippen LogP contribution is -2.53. The highest BCUT2D eigenvalue weighted by atomic mass is 127. The van der Waals surface area contributed by atoms with E-state index in [0.29, 0.717) is 0 Å². The minimum absolute atomic E-state index is 0. The van der Waals surface area contributed by atoms with Crippen LogP contribution in [0.25, 0.3) is 0 Å². The normalized spacial score (nSPS) is 14.7. The lowest BCUT2D eigenvalue weighted by Gasteiger charge is -2.36. The summed E-state index contributed by atoms with van der Waals surface area (Å²) in [7, 11) is 1.81. The van der Waals surface area contributed by atoms with Crippen LogP contribution in [-0.2, 0) is 0 Å². The zero-order chi connectivity index (χ0) is 18.2. The first kappa shape index (κ1) is 21.7. The first-order chi connectivity index (χ1) is 12.8. The summed E-state index contributed by atoms with van der Waals surface area (Å²) in [5, 5.41) is 3.41. The van der Waals surface area contributed by atoms with Crippen molar-refractivity contribution in [3.63, 3.8) is 0 Å². The minimum Gasteiger partial charge on any atom is -0.355 e. The van der Waals surface area contributed by atoms with Crippen molar-refractivity contribution in [3.05, 3.63) is 48.5 Å². The van der Waals surface area contributed by atoms with E-state index in [1.807, 2.05) is 13.1 Å². The molecule has 0 amide bonds. The Morgan fingerprint density at radius 3 is 2.44 bits per heavy atom. The Morgan fingerprint density at radius 2 is 1.81 bits per heavy atom. The number of hydrogen-bond acceptors (Lipinski definition) is 5. The van der Waals surface area contributed by atoms with Gasteiger partial charge in [0.15, 0.2) is 5.96 Å². The third-order valence-corrected chi connectivity index (χ3v) is 5.11. The number of rotatable bonds is 5. The van der Waals surface area contributed by atoms with Gasteiger partial charge in [0.1, 0.15) is 5.82 Å². The van der Waals surface area contributed by atoms with Gasteiger partial charge in [-0.15, -0.1) is 35.7 Å². The molecule has 0 saturated carbocycles. The van der Waals surface area contributed by atoms with Gasteiger partial charge in [0, 0.05) is 62.8 Å². The van der Waals surface area contributed by atoms with Crippen LogP contribution in [0, 0.1) is 5.82 Å². The number of benzene rings is 1. The lowest BCUT2D eigenvalue weighted by atomic mass is 10.3. The molecule has 6 nitrogen and oxygen atoms in total. The zero-order valence-corrected chi connectivity index (χ0v) is 18.4. The second kappa shape index (κ2) is 11.3. The van der Waals surface area contributed by atoms with Crippen LogP contribution < -0.4 is 10.2 Å². The van der Waals surface area contributed by atoms with E-state index in [1.165, 1.54) is 12.1 Å². The van der Waals surface area contributed by atoms with E-state index in [0.717, 1.165) is 55.3 Å². The van der Waals surface area contributed by atoms with Gasteiger partial charge >= 0.3 is 0 Å². The Balaban J connectivity index is 0.00000261. The number of halogens is 2. The predicted octanol–water partition coefficient (Wildman–Crippen LogP) is 2.72. The Morgan fingerprint density at radius 1 is 1.15 bits per heavy atom. The molecule has 1 aromatic heterocycles. The molecule has 1 aliphatic rings. The molecule has 1 N–H and O–H groups in total. The topological polar surface area (TPSA) is 56.7 Å². The van der Waals surface area contributed by atoms with Crippen molar-refractivity contribution in [2.45, 2.75) is 4.90 Å². The van der Waals surface area contributed by atoms with Gasteiger partial charge in [0.05, 0.1) is 0 Å². The number of thioether (sulfide) groups is 1. The Bertz CT molecular complexity index is 708. The van der Waals surface area contributed by atoms with E-state index in [-0.39, 0.29) is 29.8 Å². The number of piperazine rings is 1. The fourth-order valence-corrected chi connectivity index (χ4v) is 3.54. The van der Waals surface area contributed by atoms with Crippen LogP contribution in [0.15, 0.2) is 52.6 Å². The number of nitrogens with one attached hydrogen (secondary N) is 1. The molecule has 0 spiro atoms. The molecule has 146 valence electrons. The third kappa shape index (κ3) is 6.49. The van der Waals surface area contributed by atoms with Crippen LogP contribution in [0.3, 0.4) is 0 Å². The molecule has 3 rings (SSSR count). The van der Waals surface area contributed by atoms with Crippen molar-refractivity contribution in [1.82, 2.24) is 20.2 Å². The van der Waals surface area contributed by atoms with Crippen LogP contribution >= 0.6 is 35.7 Å². The van der Waals surface area contributed by atoms with Crippen molar-refractivity contribution in [2.24, 2.45) is 4.99 Å². The van der Waals surface area contributed by atoms with E-state index >= 15 is 0 Å². The monoisotopic (exact) mass is 502 g/mol. The average molecular weight is 502 g/mol. The van der Waals surface area contributed by atoms with Gasteiger partial charge in [0.25, 0.3) is 0 Å². The maximum absolute atomic E-state index is 12.9. The minimum atomic E-state index is -0.201. The maximum atomic E-state index is 12.9. The van der Waals surface area contributed by atoms with Gasteiger partial charge in [-0.25, -0.2) is 14.4 Å². The predicted molar refractivity (Wildman–Crippen MR) is 120 cm³/mol. The summed E-state index contributed by atoms with van der Waals surface area (Å²) in [5.41, 5.74) is 0. The SMILES string of the molecule is CN=C(NCCSc1ccc(F)cc1)N1CCN(c2ncccn2)CC1.I. The van der Waals surface area contributed by atoms with Crippen LogP contribution in [0.5, 0.6) is 0 Å². The van der Waals surface area contributed by atoms with Crippen LogP contribution in [-0.4, -0.2) is 66.4 Å². The smallest absolute Gasteiger partial charge is 0.225 e. The fourth-order valence-electron chi connectivity index (χ4n) is 2.77. The molecule has 0 aliphatic carbocycles. The van der Waals surface area contributed by atoms with Crippen molar-refractivity contribution >= 4 is 47.6 Å². The first-order valence-electron chi connectivity index (χ1n) is 8.62. The number of hydrogen-bond donors (Lipinski definition) is 1. The largest absolute Gasteiger partial charge is 0.355 e. The van der Waals surface area contributed by atoms with E-state index in [9.17, 15) is 4.39 Å². The number of guanidine groups is 1. The molecule has 1 saturated heterocycles. The van der Waals surface area contributed by atoms with Crippen molar-refractivity contribution in [3.8, 4) is 0 Å². The molecule has 2 aromatic rings. The van der Waals surface area contributed by atoms with E-state index < -0.39 is 0 Å². The molecular weight excluding hydrogens is 478 g/mol. The summed E-state index contributed by atoms with van der Waals surface area (Å²) in [5.74, 6) is 2.39. The highest BCUT2D eigenvalue weighted by Gasteiger charge is 2.20. The van der Waals surface area contributed by atoms with Gasteiger partial charge in [-0.05, 0) is 30.3 Å². The summed E-state index contributed by atoms with van der Waals surface area (Å²) in [6.45, 7) is 4.30. The molecule has 9 heteroatoms. The summed E-state index contributed by atoms with van der Waals surface area (Å²) >= 11 is 1.70. The standard InChI is InChI=1S/C18H23FN6S.HI/c1-20-17(23-9-14-26-16-5-3-15(19)4-6-16)24-10-12-25(13-11-24)18-21-7-2-8-22-18;/h2-8H,9-14H2,1H3,(H,20,23);1H. The van der Waals surface area contributed by atoms with E-state index in [2.05, 4.69) is 30.1 Å². The second-order valence-corrected chi connectivity index (χ2v) is 6.97. The molecule has 0 bridgehead atoms. The number of aromatic nitrogens is 2. The number of anilines is 1. The highest BCUT2D eigenvalue weighted by Crippen LogP contribution is 2.17. The van der Waals surface area contributed by atoms with E-state index in [4.69, 9.17) is 0 Å². The third-order valence-electron chi connectivity index (χ3n) is 4.09. The van der Waals surface area contributed by atoms with Gasteiger partial charge < -0.3 is 15.1 Å². The van der Waals surface area contributed by atoms with Gasteiger partial charge in [0.2, 0.25) is 5.95 Å². The summed E-state index contributed by atoms with van der Waals surface area (Å²) in [6.07, 6.45) is 3.54. The Labute approximate surface area is 180 Å². The summed E-state index contributed by atoms with van der Waals surface area (Å²) in [6, 6.07) is 8.42. The molecule has 1 aliphatic heterocycles. The lowest BCUT2D eigenvalue weighted by molar-refractivity contribution is 0.371. The molecule has 1 aromatic carbocycles. The highest BCUT2D eigenvalue weighted by molar-refractivity contribution is 14.0. The molecular formula is C18H24FIN6S. The van der Waals surface area contributed by atoms with Crippen LogP contribution in [0.1, 0.15) is 0 Å². The molecule has 0 atom stereocenters. The summed E-state index contributed by atoms with van der Waals surface area (Å²) in [4.78, 5) is 18.5. The van der Waals surface area contributed by atoms with Gasteiger partial charge in [-0.1, -0.05) is 0 Å². The quantitative estimate of drug-likeness (QED) is 0.223. The first-order valence-corrected chi connectivity index (χ1v) is 9.61. The molecule has 0 radical (unpaired) electrons. The second-order valence-electron chi connectivity index (χ2n) is 5.80. The van der Waals surface area contributed by atoms with Crippen LogP contribution in [0.4, 0.5) is 10.3 Å². The molecule has 0 unspecified atom stereocenters. The average Bonchev–Trinajstić information content (AvgIpc) is 2.70. The summed E-state index contributed by atoms with van der Waals surface area (Å²) < 4.78 is 12.9. The Kier molecular flexibility index (Phi) is 9.05. The van der Waals surface area contributed by atoms with Crippen molar-refractivity contribution in [1.29, 1.82) is 0 Å². The fraction of sp³-hybridized carbons (Fsp3) is 0.389. The Hall–Kier alpha value is -1.62. The number of aliphatic imine (C=N–C) groups is 1. The van der Waals surface area contributed by atoms with Crippen LogP contribution in [0.2, 0.25) is 0 Å². The van der Waals surface area contributed by atoms with Gasteiger partial charge in [-0.2, -0.15) is 0 Å². The maximum Gasteiger partial charge on any atom is 0.225 e.